The van der Waals surface area contributed by atoms with E-state index in [1.54, 1.807) is 6.20 Å². The molecule has 0 aromatic carbocycles. The van der Waals surface area contributed by atoms with E-state index in [1.807, 2.05) is 18.2 Å². The molecule has 3 N–H and O–H groups in total. The highest BCUT2D eigenvalue weighted by atomic mass is 16.5. The van der Waals surface area contributed by atoms with Crippen LogP contribution in [0.3, 0.4) is 0 Å². The second-order valence-electron chi connectivity index (χ2n) is 4.60. The van der Waals surface area contributed by atoms with Gasteiger partial charge in [0.2, 0.25) is 5.91 Å². The number of rotatable bonds is 4. The van der Waals surface area contributed by atoms with Gasteiger partial charge in [-0.25, -0.2) is 0 Å². The van der Waals surface area contributed by atoms with Crippen LogP contribution in [0.15, 0.2) is 24.4 Å². The minimum absolute atomic E-state index is 0.0817. The standard InChI is InChI=1S/C13H19N3O2/c14-13(5-9-18-10-6-13)12(17)16-8-4-11-3-1-2-7-15-11/h1-3,7H,4-6,8-10,14H2,(H,16,17). The van der Waals surface area contributed by atoms with Crippen molar-refractivity contribution in [1.29, 1.82) is 0 Å². The molecular weight excluding hydrogens is 230 g/mol. The summed E-state index contributed by atoms with van der Waals surface area (Å²) < 4.78 is 5.22. The van der Waals surface area contributed by atoms with Crippen molar-refractivity contribution in [3.8, 4) is 0 Å². The van der Waals surface area contributed by atoms with Crippen LogP contribution >= 0.6 is 0 Å². The Morgan fingerprint density at radius 1 is 1.44 bits per heavy atom. The molecule has 0 unspecified atom stereocenters. The Labute approximate surface area is 107 Å². The molecule has 5 heteroatoms. The Bertz CT molecular complexity index is 388. The van der Waals surface area contributed by atoms with Gasteiger partial charge in [-0.3, -0.25) is 9.78 Å². The number of hydrogen-bond donors (Lipinski definition) is 2. The number of aromatic nitrogens is 1. The van der Waals surface area contributed by atoms with Crippen molar-refractivity contribution in [2.45, 2.75) is 24.8 Å². The molecule has 0 spiro atoms. The third-order valence-corrected chi connectivity index (χ3v) is 3.23. The number of carbonyl (C=O) groups is 1. The molecule has 98 valence electrons. The van der Waals surface area contributed by atoms with Crippen LogP contribution in [0.2, 0.25) is 0 Å². The highest BCUT2D eigenvalue weighted by molar-refractivity contribution is 5.86. The molecule has 5 nitrogen and oxygen atoms in total. The van der Waals surface area contributed by atoms with E-state index in [-0.39, 0.29) is 5.91 Å². The number of carbonyl (C=O) groups excluding carboxylic acids is 1. The zero-order valence-corrected chi connectivity index (χ0v) is 10.4. The van der Waals surface area contributed by atoms with Crippen LogP contribution in [0, 0.1) is 0 Å². The Morgan fingerprint density at radius 2 is 2.22 bits per heavy atom. The molecular formula is C13H19N3O2. The maximum atomic E-state index is 12.0. The van der Waals surface area contributed by atoms with Gasteiger partial charge in [0.25, 0.3) is 0 Å². The molecule has 1 fully saturated rings. The van der Waals surface area contributed by atoms with Gasteiger partial charge in [-0.2, -0.15) is 0 Å². The van der Waals surface area contributed by atoms with E-state index in [0.29, 0.717) is 32.6 Å². The summed E-state index contributed by atoms with van der Waals surface area (Å²) in [5.41, 5.74) is 6.28. The van der Waals surface area contributed by atoms with E-state index < -0.39 is 5.54 Å². The molecule has 0 aliphatic carbocycles. The molecule has 2 heterocycles. The first kappa shape index (κ1) is 13.0. The second kappa shape index (κ2) is 5.93. The Balaban J connectivity index is 1.78. The van der Waals surface area contributed by atoms with Gasteiger partial charge in [0.1, 0.15) is 0 Å². The molecule has 0 radical (unpaired) electrons. The van der Waals surface area contributed by atoms with Gasteiger partial charge in [0.15, 0.2) is 0 Å². The molecule has 0 saturated carbocycles. The van der Waals surface area contributed by atoms with Gasteiger partial charge in [-0.05, 0) is 25.0 Å². The molecule has 1 amide bonds. The third-order valence-electron chi connectivity index (χ3n) is 3.23. The Morgan fingerprint density at radius 3 is 2.89 bits per heavy atom. The number of hydrogen-bond acceptors (Lipinski definition) is 4. The summed E-state index contributed by atoms with van der Waals surface area (Å²) in [6.07, 6.45) is 3.64. The monoisotopic (exact) mass is 249 g/mol. The fourth-order valence-corrected chi connectivity index (χ4v) is 1.99. The predicted molar refractivity (Wildman–Crippen MR) is 67.9 cm³/mol. The topological polar surface area (TPSA) is 77.2 Å². The molecule has 1 saturated heterocycles. The first-order valence-corrected chi connectivity index (χ1v) is 6.25. The molecule has 1 aliphatic rings. The summed E-state index contributed by atoms with van der Waals surface area (Å²) in [5.74, 6) is -0.0817. The Kier molecular flexibility index (Phi) is 4.28. The normalized spacial score (nSPS) is 18.3. The van der Waals surface area contributed by atoms with Crippen LogP contribution in [0.5, 0.6) is 0 Å². The van der Waals surface area contributed by atoms with E-state index in [1.165, 1.54) is 0 Å². The van der Waals surface area contributed by atoms with Crippen molar-refractivity contribution in [1.82, 2.24) is 10.3 Å². The number of amides is 1. The van der Waals surface area contributed by atoms with Gasteiger partial charge in [-0.1, -0.05) is 6.07 Å². The predicted octanol–water partition coefficient (Wildman–Crippen LogP) is 0.248. The zero-order chi connectivity index (χ0) is 12.8. The first-order valence-electron chi connectivity index (χ1n) is 6.25. The van der Waals surface area contributed by atoms with Crippen molar-refractivity contribution in [2.24, 2.45) is 5.73 Å². The molecule has 0 bridgehead atoms. The van der Waals surface area contributed by atoms with E-state index in [0.717, 1.165) is 12.1 Å². The van der Waals surface area contributed by atoms with Crippen molar-refractivity contribution >= 4 is 5.91 Å². The molecule has 1 aromatic rings. The summed E-state index contributed by atoms with van der Waals surface area (Å²) >= 11 is 0. The summed E-state index contributed by atoms with van der Waals surface area (Å²) in [4.78, 5) is 16.2. The molecule has 2 rings (SSSR count). The van der Waals surface area contributed by atoms with Crippen LogP contribution in [0.25, 0.3) is 0 Å². The minimum Gasteiger partial charge on any atom is -0.381 e. The largest absolute Gasteiger partial charge is 0.381 e. The molecule has 0 atom stereocenters. The molecule has 1 aliphatic heterocycles. The van der Waals surface area contributed by atoms with Crippen molar-refractivity contribution in [3.05, 3.63) is 30.1 Å². The van der Waals surface area contributed by atoms with Gasteiger partial charge < -0.3 is 15.8 Å². The molecule has 18 heavy (non-hydrogen) atoms. The maximum Gasteiger partial charge on any atom is 0.240 e. The smallest absolute Gasteiger partial charge is 0.240 e. The maximum absolute atomic E-state index is 12.0. The SMILES string of the molecule is NC1(C(=O)NCCc2ccccn2)CCOCC1. The van der Waals surface area contributed by atoms with Crippen LogP contribution in [-0.4, -0.2) is 36.2 Å². The lowest BCUT2D eigenvalue weighted by Crippen LogP contribution is -2.57. The van der Waals surface area contributed by atoms with Gasteiger partial charge >= 0.3 is 0 Å². The number of nitrogens with two attached hydrogens (primary N) is 1. The average molecular weight is 249 g/mol. The highest BCUT2D eigenvalue weighted by Gasteiger charge is 2.35. The first-order chi connectivity index (χ1) is 8.71. The van der Waals surface area contributed by atoms with E-state index in [4.69, 9.17) is 10.5 Å². The lowest BCUT2D eigenvalue weighted by Gasteiger charge is -2.31. The van der Waals surface area contributed by atoms with Crippen molar-refractivity contribution in [2.75, 3.05) is 19.8 Å². The minimum atomic E-state index is -0.762. The second-order valence-corrected chi connectivity index (χ2v) is 4.60. The van der Waals surface area contributed by atoms with Gasteiger partial charge in [0.05, 0.1) is 5.54 Å². The fraction of sp³-hybridized carbons (Fsp3) is 0.538. The van der Waals surface area contributed by atoms with Crippen LogP contribution in [0.1, 0.15) is 18.5 Å². The van der Waals surface area contributed by atoms with Crippen molar-refractivity contribution < 1.29 is 9.53 Å². The van der Waals surface area contributed by atoms with Crippen LogP contribution in [-0.2, 0) is 16.0 Å². The number of pyridine rings is 1. The lowest BCUT2D eigenvalue weighted by molar-refractivity contribution is -0.129. The molecule has 1 aromatic heterocycles. The van der Waals surface area contributed by atoms with E-state index in [9.17, 15) is 4.79 Å². The summed E-state index contributed by atoms with van der Waals surface area (Å²) in [7, 11) is 0. The number of nitrogens with one attached hydrogen (secondary N) is 1. The van der Waals surface area contributed by atoms with E-state index >= 15 is 0 Å². The average Bonchev–Trinajstić information content (AvgIpc) is 2.41. The van der Waals surface area contributed by atoms with Crippen LogP contribution in [0.4, 0.5) is 0 Å². The number of ether oxygens (including phenoxy) is 1. The Hall–Kier alpha value is -1.46. The number of nitrogens with zero attached hydrogens (tertiary/aromatic N) is 1. The summed E-state index contributed by atoms with van der Waals surface area (Å²) in [6.45, 7) is 1.68. The van der Waals surface area contributed by atoms with Gasteiger partial charge in [-0.15, -0.1) is 0 Å². The fourth-order valence-electron chi connectivity index (χ4n) is 1.99. The van der Waals surface area contributed by atoms with Gasteiger partial charge in [0, 0.05) is 38.1 Å². The van der Waals surface area contributed by atoms with E-state index in [2.05, 4.69) is 10.3 Å². The summed E-state index contributed by atoms with van der Waals surface area (Å²) in [6, 6.07) is 5.75. The quantitative estimate of drug-likeness (QED) is 0.802. The van der Waals surface area contributed by atoms with Crippen LogP contribution < -0.4 is 11.1 Å². The lowest BCUT2D eigenvalue weighted by atomic mass is 9.90. The highest BCUT2D eigenvalue weighted by Crippen LogP contribution is 2.17. The third kappa shape index (κ3) is 3.27. The van der Waals surface area contributed by atoms with Crippen molar-refractivity contribution in [3.63, 3.8) is 0 Å². The zero-order valence-electron chi connectivity index (χ0n) is 10.4. The summed E-state index contributed by atoms with van der Waals surface area (Å²) in [5, 5.41) is 2.88.